The van der Waals surface area contributed by atoms with Crippen molar-refractivity contribution in [3.05, 3.63) is 59.8 Å². The Balaban J connectivity index is 1.43. The van der Waals surface area contributed by atoms with E-state index < -0.39 is 11.6 Å². The Bertz CT molecular complexity index is 954. The normalized spacial score (nSPS) is 13.7. The quantitative estimate of drug-likeness (QED) is 0.621. The van der Waals surface area contributed by atoms with Crippen LogP contribution in [0.1, 0.15) is 30.3 Å². The molecule has 1 saturated carbocycles. The number of carbonyl (C=O) groups is 1. The van der Waals surface area contributed by atoms with E-state index >= 15 is 0 Å². The summed E-state index contributed by atoms with van der Waals surface area (Å²) in [5, 5.41) is 11.6. The average Bonchev–Trinajstić information content (AvgIpc) is 3.21. The summed E-state index contributed by atoms with van der Waals surface area (Å²) in [6, 6.07) is 6.92. The van der Waals surface area contributed by atoms with Gasteiger partial charge in [0.05, 0.1) is 18.6 Å². The van der Waals surface area contributed by atoms with Crippen LogP contribution in [0.25, 0.3) is 0 Å². The second-order valence-corrected chi connectivity index (χ2v) is 7.19. The van der Waals surface area contributed by atoms with Crippen molar-refractivity contribution in [2.75, 3.05) is 11.1 Å². The highest BCUT2D eigenvalue weighted by Crippen LogP contribution is 2.40. The lowest BCUT2D eigenvalue weighted by Gasteiger charge is -2.08. The summed E-state index contributed by atoms with van der Waals surface area (Å²) in [6.07, 6.45) is 3.77. The van der Waals surface area contributed by atoms with Crippen LogP contribution in [-0.4, -0.2) is 26.4 Å². The van der Waals surface area contributed by atoms with Gasteiger partial charge in [-0.1, -0.05) is 11.8 Å². The monoisotopic (exact) mass is 390 g/mol. The lowest BCUT2D eigenvalue weighted by molar-refractivity contribution is -0.113. The minimum absolute atomic E-state index is 0.0694. The maximum absolute atomic E-state index is 13.2. The molecule has 1 fully saturated rings. The molecule has 0 spiro atoms. The highest BCUT2D eigenvalue weighted by atomic mass is 32.2. The fourth-order valence-electron chi connectivity index (χ4n) is 2.66. The Morgan fingerprint density at radius 3 is 2.81 bits per heavy atom. The van der Waals surface area contributed by atoms with Gasteiger partial charge in [0.15, 0.2) is 16.8 Å². The van der Waals surface area contributed by atoms with Crippen LogP contribution in [0, 0.1) is 11.6 Å². The lowest BCUT2D eigenvalue weighted by atomic mass is 10.3. The predicted molar refractivity (Wildman–Crippen MR) is 95.5 cm³/mol. The molecule has 3 aromatic rings. The number of furan rings is 1. The van der Waals surface area contributed by atoms with Gasteiger partial charge in [-0.15, -0.1) is 10.2 Å². The lowest BCUT2D eigenvalue weighted by Crippen LogP contribution is -2.15. The number of carbonyl (C=O) groups excluding carboxylic acids is 1. The van der Waals surface area contributed by atoms with Crippen molar-refractivity contribution < 1.29 is 18.0 Å². The van der Waals surface area contributed by atoms with E-state index in [1.165, 1.54) is 17.8 Å². The number of benzene rings is 1. The molecule has 6 nitrogen and oxygen atoms in total. The third-order valence-corrected chi connectivity index (χ3v) is 5.08. The van der Waals surface area contributed by atoms with E-state index in [4.69, 9.17) is 4.42 Å². The van der Waals surface area contributed by atoms with Crippen molar-refractivity contribution in [1.82, 2.24) is 14.8 Å². The van der Waals surface area contributed by atoms with Gasteiger partial charge in [-0.05, 0) is 37.1 Å². The van der Waals surface area contributed by atoms with Crippen molar-refractivity contribution in [3.8, 4) is 0 Å². The van der Waals surface area contributed by atoms with E-state index in [0.29, 0.717) is 17.6 Å². The molecule has 0 radical (unpaired) electrons. The first-order valence-corrected chi connectivity index (χ1v) is 9.42. The standard InChI is InChI=1S/C18H16F2N4O2S/c19-14-6-5-12(8-15(14)20)21-16(25)10-27-18-23-22-17(11-3-4-11)24(18)9-13-2-1-7-26-13/h1-2,5-8,11H,3-4,9-10H2,(H,21,25). The zero-order valence-corrected chi connectivity index (χ0v) is 15.0. The van der Waals surface area contributed by atoms with Crippen LogP contribution in [0.4, 0.5) is 14.5 Å². The SMILES string of the molecule is O=C(CSc1nnc(C2CC2)n1Cc1ccco1)Nc1ccc(F)c(F)c1. The summed E-state index contributed by atoms with van der Waals surface area (Å²) in [4.78, 5) is 12.1. The molecule has 1 aliphatic rings. The topological polar surface area (TPSA) is 73.0 Å². The second kappa shape index (κ2) is 7.51. The summed E-state index contributed by atoms with van der Waals surface area (Å²) in [5.74, 6) is -0.155. The zero-order valence-electron chi connectivity index (χ0n) is 14.2. The van der Waals surface area contributed by atoms with Gasteiger partial charge in [0, 0.05) is 17.7 Å². The summed E-state index contributed by atoms with van der Waals surface area (Å²) in [6.45, 7) is 0.499. The number of hydrogen-bond donors (Lipinski definition) is 1. The van der Waals surface area contributed by atoms with Crippen molar-refractivity contribution in [1.29, 1.82) is 0 Å². The van der Waals surface area contributed by atoms with Crippen LogP contribution >= 0.6 is 11.8 Å². The van der Waals surface area contributed by atoms with Gasteiger partial charge >= 0.3 is 0 Å². The summed E-state index contributed by atoms with van der Waals surface area (Å²) >= 11 is 1.24. The molecule has 1 aromatic carbocycles. The number of anilines is 1. The van der Waals surface area contributed by atoms with Crippen molar-refractivity contribution in [2.24, 2.45) is 0 Å². The molecular formula is C18H16F2N4O2S. The minimum Gasteiger partial charge on any atom is -0.467 e. The molecule has 0 atom stereocenters. The van der Waals surface area contributed by atoms with E-state index in [1.54, 1.807) is 6.26 Å². The molecule has 140 valence electrons. The van der Waals surface area contributed by atoms with Crippen molar-refractivity contribution in [3.63, 3.8) is 0 Å². The molecule has 0 bridgehead atoms. The number of amides is 1. The van der Waals surface area contributed by atoms with Crippen LogP contribution in [-0.2, 0) is 11.3 Å². The number of nitrogens with zero attached hydrogens (tertiary/aromatic N) is 3. The van der Waals surface area contributed by atoms with Crippen LogP contribution in [0.15, 0.2) is 46.2 Å². The Morgan fingerprint density at radius 2 is 2.11 bits per heavy atom. The molecule has 1 amide bonds. The zero-order chi connectivity index (χ0) is 18.8. The number of rotatable bonds is 7. The first kappa shape index (κ1) is 17.7. The average molecular weight is 390 g/mol. The van der Waals surface area contributed by atoms with Crippen molar-refractivity contribution >= 4 is 23.4 Å². The Labute approximate surface area is 158 Å². The van der Waals surface area contributed by atoms with Gasteiger partial charge in [0.25, 0.3) is 0 Å². The Hall–Kier alpha value is -2.68. The van der Waals surface area contributed by atoms with Crippen molar-refractivity contribution in [2.45, 2.75) is 30.5 Å². The van der Waals surface area contributed by atoms with E-state index in [-0.39, 0.29) is 17.3 Å². The van der Waals surface area contributed by atoms with Gasteiger partial charge < -0.3 is 9.73 Å². The van der Waals surface area contributed by atoms with E-state index in [2.05, 4.69) is 15.5 Å². The number of halogens is 2. The highest BCUT2D eigenvalue weighted by molar-refractivity contribution is 7.99. The van der Waals surface area contributed by atoms with Gasteiger partial charge in [-0.3, -0.25) is 9.36 Å². The smallest absolute Gasteiger partial charge is 0.234 e. The van der Waals surface area contributed by atoms with E-state index in [0.717, 1.165) is 36.6 Å². The van der Waals surface area contributed by atoms with Crippen LogP contribution in [0.3, 0.4) is 0 Å². The molecule has 1 N–H and O–H groups in total. The molecule has 0 unspecified atom stereocenters. The Kier molecular flexibility index (Phi) is 4.93. The maximum Gasteiger partial charge on any atom is 0.234 e. The molecule has 4 rings (SSSR count). The largest absolute Gasteiger partial charge is 0.467 e. The number of nitrogens with one attached hydrogen (secondary N) is 1. The third-order valence-electron chi connectivity index (χ3n) is 4.12. The summed E-state index contributed by atoms with van der Waals surface area (Å²) < 4.78 is 33.6. The van der Waals surface area contributed by atoms with Crippen LogP contribution < -0.4 is 5.32 Å². The number of aromatic nitrogens is 3. The maximum atomic E-state index is 13.2. The van der Waals surface area contributed by atoms with E-state index in [1.807, 2.05) is 16.7 Å². The molecule has 0 aliphatic heterocycles. The van der Waals surface area contributed by atoms with Gasteiger partial charge in [-0.2, -0.15) is 0 Å². The molecule has 0 saturated heterocycles. The van der Waals surface area contributed by atoms with Gasteiger partial charge in [0.1, 0.15) is 11.6 Å². The number of hydrogen-bond acceptors (Lipinski definition) is 5. The van der Waals surface area contributed by atoms with Gasteiger partial charge in [-0.25, -0.2) is 8.78 Å². The van der Waals surface area contributed by atoms with Crippen LogP contribution in [0.2, 0.25) is 0 Å². The fourth-order valence-corrected chi connectivity index (χ4v) is 3.40. The minimum atomic E-state index is -1.01. The predicted octanol–water partition coefficient (Wildman–Crippen LogP) is 3.81. The fraction of sp³-hybridized carbons (Fsp3) is 0.278. The van der Waals surface area contributed by atoms with E-state index in [9.17, 15) is 13.6 Å². The van der Waals surface area contributed by atoms with Gasteiger partial charge in [0.2, 0.25) is 5.91 Å². The first-order valence-electron chi connectivity index (χ1n) is 8.43. The highest BCUT2D eigenvalue weighted by Gasteiger charge is 2.30. The molecule has 2 aromatic heterocycles. The molecule has 9 heteroatoms. The molecular weight excluding hydrogens is 374 g/mol. The third kappa shape index (κ3) is 4.19. The second-order valence-electron chi connectivity index (χ2n) is 6.25. The van der Waals surface area contributed by atoms with Crippen LogP contribution in [0.5, 0.6) is 0 Å². The molecule has 2 heterocycles. The number of thioether (sulfide) groups is 1. The summed E-state index contributed by atoms with van der Waals surface area (Å²) in [7, 11) is 0. The molecule has 27 heavy (non-hydrogen) atoms. The molecule has 1 aliphatic carbocycles. The summed E-state index contributed by atoms with van der Waals surface area (Å²) in [5.41, 5.74) is 0.204. The first-order chi connectivity index (χ1) is 13.1. The Morgan fingerprint density at radius 1 is 1.26 bits per heavy atom.